The smallest absolute Gasteiger partial charge is 0.130 e. The minimum Gasteiger partial charge on any atom is -0.457 e. The lowest BCUT2D eigenvalue weighted by atomic mass is 9.87. The highest BCUT2D eigenvalue weighted by Crippen LogP contribution is 2.26. The standard InChI is InChI=1S/C16H19NO2/c1-16(2,3)12-4-6-14(7-5-12)19-15-8-9-17-13(10-15)11-18/h4-10,18H,11H2,1-3H3. The predicted molar refractivity (Wildman–Crippen MR) is 75.4 cm³/mol. The molecular weight excluding hydrogens is 238 g/mol. The lowest BCUT2D eigenvalue weighted by molar-refractivity contribution is 0.276. The summed E-state index contributed by atoms with van der Waals surface area (Å²) in [6.45, 7) is 6.46. The van der Waals surface area contributed by atoms with Crippen LogP contribution in [0.4, 0.5) is 0 Å². The second kappa shape index (κ2) is 5.41. The van der Waals surface area contributed by atoms with E-state index in [9.17, 15) is 0 Å². The van der Waals surface area contributed by atoms with Crippen molar-refractivity contribution in [3.05, 3.63) is 53.9 Å². The van der Waals surface area contributed by atoms with Crippen LogP contribution in [-0.2, 0) is 12.0 Å². The van der Waals surface area contributed by atoms with E-state index in [0.717, 1.165) is 5.75 Å². The summed E-state index contributed by atoms with van der Waals surface area (Å²) in [5.41, 5.74) is 2.01. The van der Waals surface area contributed by atoms with E-state index < -0.39 is 0 Å². The summed E-state index contributed by atoms with van der Waals surface area (Å²) < 4.78 is 5.74. The second-order valence-electron chi connectivity index (χ2n) is 5.52. The number of ether oxygens (including phenoxy) is 1. The Hall–Kier alpha value is -1.87. The number of hydrogen-bond acceptors (Lipinski definition) is 3. The van der Waals surface area contributed by atoms with Crippen molar-refractivity contribution in [1.82, 2.24) is 4.98 Å². The van der Waals surface area contributed by atoms with Gasteiger partial charge in [0, 0.05) is 12.3 Å². The maximum absolute atomic E-state index is 9.04. The van der Waals surface area contributed by atoms with Gasteiger partial charge in [0.15, 0.2) is 0 Å². The third-order valence-electron chi connectivity index (χ3n) is 2.91. The summed E-state index contributed by atoms with van der Waals surface area (Å²) in [5.74, 6) is 1.46. The Morgan fingerprint density at radius 2 is 1.74 bits per heavy atom. The molecule has 0 atom stereocenters. The maximum Gasteiger partial charge on any atom is 0.130 e. The largest absolute Gasteiger partial charge is 0.457 e. The van der Waals surface area contributed by atoms with Gasteiger partial charge in [0.1, 0.15) is 11.5 Å². The van der Waals surface area contributed by atoms with Crippen LogP contribution in [0.15, 0.2) is 42.6 Å². The Balaban J connectivity index is 2.15. The highest BCUT2D eigenvalue weighted by Gasteiger charge is 2.13. The zero-order valence-electron chi connectivity index (χ0n) is 11.6. The zero-order valence-corrected chi connectivity index (χ0v) is 11.6. The Bertz CT molecular complexity index is 541. The molecule has 1 aromatic heterocycles. The number of aliphatic hydroxyl groups excluding tert-OH is 1. The monoisotopic (exact) mass is 257 g/mol. The fraction of sp³-hybridized carbons (Fsp3) is 0.312. The topological polar surface area (TPSA) is 42.4 Å². The molecule has 2 aromatic rings. The first kappa shape index (κ1) is 13.6. The molecule has 0 radical (unpaired) electrons. The van der Waals surface area contributed by atoms with Crippen molar-refractivity contribution in [3.63, 3.8) is 0 Å². The number of hydrogen-bond donors (Lipinski definition) is 1. The molecule has 0 aliphatic heterocycles. The third-order valence-corrected chi connectivity index (χ3v) is 2.91. The van der Waals surface area contributed by atoms with Gasteiger partial charge in [-0.2, -0.15) is 0 Å². The van der Waals surface area contributed by atoms with Crippen LogP contribution in [0.25, 0.3) is 0 Å². The zero-order chi connectivity index (χ0) is 13.9. The summed E-state index contributed by atoms with van der Waals surface area (Å²) in [6, 6.07) is 11.6. The van der Waals surface area contributed by atoms with Crippen LogP contribution in [0.1, 0.15) is 32.0 Å². The van der Waals surface area contributed by atoms with Crippen LogP contribution in [-0.4, -0.2) is 10.1 Å². The van der Waals surface area contributed by atoms with Crippen LogP contribution >= 0.6 is 0 Å². The summed E-state index contributed by atoms with van der Waals surface area (Å²) in [7, 11) is 0. The van der Waals surface area contributed by atoms with Crippen molar-refractivity contribution in [2.45, 2.75) is 32.8 Å². The normalized spacial score (nSPS) is 11.4. The van der Waals surface area contributed by atoms with E-state index >= 15 is 0 Å². The van der Waals surface area contributed by atoms with Crippen molar-refractivity contribution >= 4 is 0 Å². The fourth-order valence-electron chi connectivity index (χ4n) is 1.77. The van der Waals surface area contributed by atoms with E-state index in [0.29, 0.717) is 11.4 Å². The first-order valence-electron chi connectivity index (χ1n) is 6.33. The number of aromatic nitrogens is 1. The van der Waals surface area contributed by atoms with E-state index in [2.05, 4.69) is 37.9 Å². The van der Waals surface area contributed by atoms with Crippen LogP contribution in [0.5, 0.6) is 11.5 Å². The van der Waals surface area contributed by atoms with Crippen LogP contribution in [0.3, 0.4) is 0 Å². The predicted octanol–water partition coefficient (Wildman–Crippen LogP) is 3.66. The van der Waals surface area contributed by atoms with E-state index in [1.165, 1.54) is 5.56 Å². The molecule has 0 fully saturated rings. The average Bonchev–Trinajstić information content (AvgIpc) is 2.38. The summed E-state index contributed by atoms with van der Waals surface area (Å²) >= 11 is 0. The molecule has 1 heterocycles. The van der Waals surface area contributed by atoms with Gasteiger partial charge in [0.25, 0.3) is 0 Å². The molecular formula is C16H19NO2. The SMILES string of the molecule is CC(C)(C)c1ccc(Oc2ccnc(CO)c2)cc1. The summed E-state index contributed by atoms with van der Waals surface area (Å²) in [4.78, 5) is 4.02. The van der Waals surface area contributed by atoms with Gasteiger partial charge in [-0.05, 0) is 29.2 Å². The lowest BCUT2D eigenvalue weighted by Gasteiger charge is -2.19. The molecule has 0 spiro atoms. The van der Waals surface area contributed by atoms with Crippen molar-refractivity contribution in [3.8, 4) is 11.5 Å². The van der Waals surface area contributed by atoms with Crippen LogP contribution in [0.2, 0.25) is 0 Å². The van der Waals surface area contributed by atoms with Gasteiger partial charge in [-0.15, -0.1) is 0 Å². The second-order valence-corrected chi connectivity index (χ2v) is 5.52. The molecule has 0 bridgehead atoms. The molecule has 0 saturated carbocycles. The van der Waals surface area contributed by atoms with E-state index in [1.54, 1.807) is 18.3 Å². The Morgan fingerprint density at radius 3 is 2.32 bits per heavy atom. The number of aliphatic hydroxyl groups is 1. The minimum absolute atomic E-state index is 0.0832. The van der Waals surface area contributed by atoms with Crippen molar-refractivity contribution in [1.29, 1.82) is 0 Å². The molecule has 100 valence electrons. The van der Waals surface area contributed by atoms with Crippen molar-refractivity contribution in [2.75, 3.05) is 0 Å². The number of nitrogens with zero attached hydrogens (tertiary/aromatic N) is 1. The summed E-state index contributed by atoms with van der Waals surface area (Å²) in [5, 5.41) is 9.04. The molecule has 1 aromatic carbocycles. The molecule has 1 N–H and O–H groups in total. The molecule has 0 saturated heterocycles. The molecule has 2 rings (SSSR count). The van der Waals surface area contributed by atoms with Crippen LogP contribution < -0.4 is 4.74 Å². The van der Waals surface area contributed by atoms with Gasteiger partial charge < -0.3 is 9.84 Å². The molecule has 0 unspecified atom stereocenters. The first-order chi connectivity index (χ1) is 8.99. The quantitative estimate of drug-likeness (QED) is 0.912. The Labute approximate surface area is 113 Å². The molecule has 0 amide bonds. The molecule has 0 aliphatic carbocycles. The average molecular weight is 257 g/mol. The van der Waals surface area contributed by atoms with Gasteiger partial charge in [0.2, 0.25) is 0 Å². The fourth-order valence-corrected chi connectivity index (χ4v) is 1.77. The lowest BCUT2D eigenvalue weighted by Crippen LogP contribution is -2.10. The van der Waals surface area contributed by atoms with Crippen LogP contribution in [0, 0.1) is 0 Å². The van der Waals surface area contributed by atoms with E-state index in [4.69, 9.17) is 9.84 Å². The third kappa shape index (κ3) is 3.55. The van der Waals surface area contributed by atoms with Gasteiger partial charge >= 0.3 is 0 Å². The van der Waals surface area contributed by atoms with E-state index in [1.807, 2.05) is 12.1 Å². The Kier molecular flexibility index (Phi) is 3.86. The molecule has 0 aliphatic rings. The van der Waals surface area contributed by atoms with Gasteiger partial charge in [-0.1, -0.05) is 32.9 Å². The number of rotatable bonds is 3. The first-order valence-corrected chi connectivity index (χ1v) is 6.33. The minimum atomic E-state index is -0.0832. The van der Waals surface area contributed by atoms with Gasteiger partial charge in [-0.3, -0.25) is 4.98 Å². The number of benzene rings is 1. The molecule has 19 heavy (non-hydrogen) atoms. The number of pyridine rings is 1. The van der Waals surface area contributed by atoms with Crippen molar-refractivity contribution < 1.29 is 9.84 Å². The molecule has 3 nitrogen and oxygen atoms in total. The van der Waals surface area contributed by atoms with Crippen molar-refractivity contribution in [2.24, 2.45) is 0 Å². The van der Waals surface area contributed by atoms with E-state index in [-0.39, 0.29) is 12.0 Å². The van der Waals surface area contributed by atoms with Gasteiger partial charge in [0.05, 0.1) is 12.3 Å². The van der Waals surface area contributed by atoms with Gasteiger partial charge in [-0.25, -0.2) is 0 Å². The summed E-state index contributed by atoms with van der Waals surface area (Å²) in [6.07, 6.45) is 1.63. The highest BCUT2D eigenvalue weighted by atomic mass is 16.5. The molecule has 3 heteroatoms. The maximum atomic E-state index is 9.04. The highest BCUT2D eigenvalue weighted by molar-refractivity contribution is 5.35. The Morgan fingerprint density at radius 1 is 1.05 bits per heavy atom.